The summed E-state index contributed by atoms with van der Waals surface area (Å²) in [5.74, 6) is 2.66. The van der Waals surface area contributed by atoms with Crippen LogP contribution in [0.15, 0.2) is 22.9 Å². The monoisotopic (exact) mass is 370 g/mol. The molecule has 0 bridgehead atoms. The van der Waals surface area contributed by atoms with E-state index in [1.807, 2.05) is 12.1 Å². The van der Waals surface area contributed by atoms with Crippen LogP contribution >= 0.6 is 0 Å². The van der Waals surface area contributed by atoms with E-state index in [1.54, 1.807) is 6.20 Å². The third-order valence-corrected chi connectivity index (χ3v) is 5.52. The molecule has 0 radical (unpaired) electrons. The van der Waals surface area contributed by atoms with Gasteiger partial charge in [-0.25, -0.2) is 4.98 Å². The zero-order valence-electron chi connectivity index (χ0n) is 16.4. The van der Waals surface area contributed by atoms with Crippen LogP contribution in [0, 0.1) is 5.92 Å². The molecule has 0 unspecified atom stereocenters. The summed E-state index contributed by atoms with van der Waals surface area (Å²) < 4.78 is 11.6. The van der Waals surface area contributed by atoms with Gasteiger partial charge >= 0.3 is 0 Å². The van der Waals surface area contributed by atoms with Gasteiger partial charge in [-0.1, -0.05) is 25.4 Å². The molecule has 1 atom stereocenters. The Kier molecular flexibility index (Phi) is 5.72. The Hall–Kier alpha value is -1.95. The second-order valence-corrected chi connectivity index (χ2v) is 8.27. The highest BCUT2D eigenvalue weighted by Crippen LogP contribution is 2.32. The molecule has 4 rings (SSSR count). The van der Waals surface area contributed by atoms with Gasteiger partial charge in [0.25, 0.3) is 0 Å². The van der Waals surface area contributed by atoms with E-state index in [0.29, 0.717) is 23.7 Å². The molecule has 1 aliphatic carbocycles. The van der Waals surface area contributed by atoms with Crippen molar-refractivity contribution in [2.75, 3.05) is 13.1 Å². The van der Waals surface area contributed by atoms with Gasteiger partial charge in [0.05, 0.1) is 6.04 Å². The number of hydrogen-bond acceptors (Lipinski definition) is 6. The van der Waals surface area contributed by atoms with Crippen molar-refractivity contribution in [3.8, 4) is 17.3 Å². The fourth-order valence-electron chi connectivity index (χ4n) is 4.22. The highest BCUT2D eigenvalue weighted by Gasteiger charge is 2.31. The van der Waals surface area contributed by atoms with Crippen LogP contribution in [0.5, 0.6) is 5.88 Å². The lowest BCUT2D eigenvalue weighted by Gasteiger charge is -2.23. The molecule has 1 saturated carbocycles. The molecule has 3 heterocycles. The second-order valence-electron chi connectivity index (χ2n) is 8.27. The van der Waals surface area contributed by atoms with Crippen LogP contribution in [0.4, 0.5) is 0 Å². The van der Waals surface area contributed by atoms with Crippen molar-refractivity contribution in [1.82, 2.24) is 20.0 Å². The van der Waals surface area contributed by atoms with Crippen LogP contribution in [-0.2, 0) is 0 Å². The predicted molar refractivity (Wildman–Crippen MR) is 103 cm³/mol. The largest absolute Gasteiger partial charge is 0.474 e. The number of aromatic nitrogens is 3. The number of nitrogens with zero attached hydrogens (tertiary/aromatic N) is 4. The number of pyridine rings is 1. The van der Waals surface area contributed by atoms with Crippen LogP contribution in [0.25, 0.3) is 11.4 Å². The summed E-state index contributed by atoms with van der Waals surface area (Å²) in [7, 11) is 0. The van der Waals surface area contributed by atoms with E-state index >= 15 is 0 Å². The van der Waals surface area contributed by atoms with E-state index in [-0.39, 0.29) is 6.04 Å². The summed E-state index contributed by atoms with van der Waals surface area (Å²) in [4.78, 5) is 11.6. The average Bonchev–Trinajstić information content (AvgIpc) is 3.32. The molecule has 0 amide bonds. The quantitative estimate of drug-likeness (QED) is 0.738. The number of rotatable bonds is 6. The lowest BCUT2D eigenvalue weighted by atomic mass is 9.98. The minimum atomic E-state index is 0.246. The maximum Gasteiger partial charge on any atom is 0.244 e. The normalized spacial score (nSPS) is 21.8. The summed E-state index contributed by atoms with van der Waals surface area (Å²) >= 11 is 0. The highest BCUT2D eigenvalue weighted by atomic mass is 16.5. The van der Waals surface area contributed by atoms with E-state index in [9.17, 15) is 0 Å². The molecule has 146 valence electrons. The molecule has 0 spiro atoms. The molecule has 2 fully saturated rings. The van der Waals surface area contributed by atoms with Gasteiger partial charge in [-0.15, -0.1) is 0 Å². The minimum absolute atomic E-state index is 0.246. The van der Waals surface area contributed by atoms with E-state index < -0.39 is 0 Å². The molecular weight excluding hydrogens is 340 g/mol. The Balaban J connectivity index is 1.42. The first-order chi connectivity index (χ1) is 13.2. The van der Waals surface area contributed by atoms with Gasteiger partial charge in [-0.05, 0) is 57.1 Å². The molecule has 1 aliphatic heterocycles. The molecule has 6 nitrogen and oxygen atoms in total. The van der Waals surface area contributed by atoms with Crippen LogP contribution in [-0.4, -0.2) is 39.2 Å². The Morgan fingerprint density at radius 3 is 2.74 bits per heavy atom. The SMILES string of the molecule is CC(C)CN1CCC[C@H]1c1nc(-c2ccc(OC3CCCCC3)nc2)no1. The lowest BCUT2D eigenvalue weighted by Crippen LogP contribution is -2.27. The average molecular weight is 370 g/mol. The Labute approximate surface area is 161 Å². The Morgan fingerprint density at radius 1 is 1.15 bits per heavy atom. The highest BCUT2D eigenvalue weighted by molar-refractivity contribution is 5.53. The number of hydrogen-bond donors (Lipinski definition) is 0. The van der Waals surface area contributed by atoms with Gasteiger partial charge in [-0.2, -0.15) is 4.98 Å². The fraction of sp³-hybridized carbons (Fsp3) is 0.667. The van der Waals surface area contributed by atoms with Gasteiger partial charge in [0, 0.05) is 24.4 Å². The van der Waals surface area contributed by atoms with Gasteiger partial charge in [0.15, 0.2) is 0 Å². The Morgan fingerprint density at radius 2 is 2.00 bits per heavy atom. The third-order valence-electron chi connectivity index (χ3n) is 5.52. The molecular formula is C21H30N4O2. The second kappa shape index (κ2) is 8.38. The van der Waals surface area contributed by atoms with Crippen molar-refractivity contribution in [2.24, 2.45) is 5.92 Å². The smallest absolute Gasteiger partial charge is 0.244 e. The van der Waals surface area contributed by atoms with Gasteiger partial charge in [0.2, 0.25) is 17.6 Å². The van der Waals surface area contributed by atoms with Crippen LogP contribution in [0.3, 0.4) is 0 Å². The summed E-state index contributed by atoms with van der Waals surface area (Å²) in [5, 5.41) is 4.20. The van der Waals surface area contributed by atoms with E-state index in [2.05, 4.69) is 33.9 Å². The van der Waals surface area contributed by atoms with Crippen molar-refractivity contribution < 1.29 is 9.26 Å². The van der Waals surface area contributed by atoms with Crippen LogP contribution < -0.4 is 4.74 Å². The number of likely N-dealkylation sites (tertiary alicyclic amines) is 1. The number of ether oxygens (including phenoxy) is 1. The van der Waals surface area contributed by atoms with Crippen LogP contribution in [0.2, 0.25) is 0 Å². The first-order valence-electron chi connectivity index (χ1n) is 10.4. The van der Waals surface area contributed by atoms with E-state index in [1.165, 1.54) is 25.7 Å². The molecule has 2 aromatic heterocycles. The predicted octanol–water partition coefficient (Wildman–Crippen LogP) is 4.64. The summed E-state index contributed by atoms with van der Waals surface area (Å²) in [6, 6.07) is 4.14. The molecule has 0 aromatic carbocycles. The Bertz CT molecular complexity index is 722. The van der Waals surface area contributed by atoms with Gasteiger partial charge in [0.1, 0.15) is 6.10 Å². The van der Waals surface area contributed by atoms with Crippen molar-refractivity contribution in [3.63, 3.8) is 0 Å². The maximum atomic E-state index is 6.00. The van der Waals surface area contributed by atoms with Crippen molar-refractivity contribution in [2.45, 2.75) is 70.9 Å². The molecule has 1 saturated heterocycles. The summed E-state index contributed by atoms with van der Waals surface area (Å²) in [6.45, 7) is 6.67. The fourth-order valence-corrected chi connectivity index (χ4v) is 4.22. The zero-order valence-corrected chi connectivity index (χ0v) is 16.4. The molecule has 2 aromatic rings. The standard InChI is InChI=1S/C21H30N4O2/c1-15(2)14-25-12-6-9-18(25)21-23-20(24-27-21)16-10-11-19(22-13-16)26-17-7-4-3-5-8-17/h10-11,13,15,17-18H,3-9,12,14H2,1-2H3/t18-/m0/s1. The minimum Gasteiger partial charge on any atom is -0.474 e. The van der Waals surface area contributed by atoms with Crippen LogP contribution in [0.1, 0.15) is 70.7 Å². The lowest BCUT2D eigenvalue weighted by molar-refractivity contribution is 0.148. The van der Waals surface area contributed by atoms with Gasteiger partial charge < -0.3 is 9.26 Å². The van der Waals surface area contributed by atoms with Crippen molar-refractivity contribution in [1.29, 1.82) is 0 Å². The molecule has 27 heavy (non-hydrogen) atoms. The summed E-state index contributed by atoms with van der Waals surface area (Å²) in [6.07, 6.45) is 10.5. The van der Waals surface area contributed by atoms with E-state index in [4.69, 9.17) is 9.26 Å². The van der Waals surface area contributed by atoms with Gasteiger partial charge in [-0.3, -0.25) is 4.90 Å². The van der Waals surface area contributed by atoms with Crippen molar-refractivity contribution in [3.05, 3.63) is 24.2 Å². The molecule has 2 aliphatic rings. The molecule has 6 heteroatoms. The summed E-state index contributed by atoms with van der Waals surface area (Å²) in [5.41, 5.74) is 0.870. The van der Waals surface area contributed by atoms with Crippen molar-refractivity contribution >= 4 is 0 Å². The molecule has 0 N–H and O–H groups in total. The zero-order chi connectivity index (χ0) is 18.6. The van der Waals surface area contributed by atoms with E-state index in [0.717, 1.165) is 43.8 Å². The topological polar surface area (TPSA) is 64.3 Å². The first-order valence-corrected chi connectivity index (χ1v) is 10.4. The maximum absolute atomic E-state index is 6.00. The third kappa shape index (κ3) is 4.49. The first kappa shape index (κ1) is 18.4.